The fraction of sp³-hybridized carbons (Fsp3) is 0.200. The smallest absolute Gasteiger partial charge is 0.272 e. The summed E-state index contributed by atoms with van der Waals surface area (Å²) < 4.78 is 7.27. The maximum Gasteiger partial charge on any atom is 0.272 e. The third kappa shape index (κ3) is 3.88. The number of para-hydroxylation sites is 1. The molecule has 0 aliphatic carbocycles. The zero-order valence-electron chi connectivity index (χ0n) is 14.4. The van der Waals surface area contributed by atoms with Crippen molar-refractivity contribution in [3.63, 3.8) is 0 Å². The Balaban J connectivity index is 1.80. The van der Waals surface area contributed by atoms with E-state index >= 15 is 0 Å². The summed E-state index contributed by atoms with van der Waals surface area (Å²) in [5.74, 6) is 0.327. The van der Waals surface area contributed by atoms with Gasteiger partial charge in [0.1, 0.15) is 0 Å². The summed E-state index contributed by atoms with van der Waals surface area (Å²) in [5, 5.41) is 7.33. The molecule has 0 aliphatic rings. The molecule has 1 aromatic heterocycles. The average Bonchev–Trinajstić information content (AvgIpc) is 3.06. The minimum atomic E-state index is -0.223. The highest BCUT2D eigenvalue weighted by Crippen LogP contribution is 2.19. The van der Waals surface area contributed by atoms with Crippen molar-refractivity contribution in [3.05, 3.63) is 77.5 Å². The van der Waals surface area contributed by atoms with Crippen LogP contribution in [0.4, 0.5) is 0 Å². The molecule has 0 saturated heterocycles. The van der Waals surface area contributed by atoms with Gasteiger partial charge in [0.2, 0.25) is 5.88 Å². The molecule has 0 aliphatic heterocycles. The van der Waals surface area contributed by atoms with Crippen molar-refractivity contribution in [2.75, 3.05) is 6.61 Å². The van der Waals surface area contributed by atoms with E-state index in [9.17, 15) is 4.79 Å². The van der Waals surface area contributed by atoms with Gasteiger partial charge in [-0.05, 0) is 37.1 Å². The van der Waals surface area contributed by atoms with Gasteiger partial charge in [-0.25, -0.2) is 4.68 Å². The molecule has 1 heterocycles. The van der Waals surface area contributed by atoms with Crippen LogP contribution in [0.3, 0.4) is 0 Å². The van der Waals surface area contributed by atoms with Gasteiger partial charge in [-0.15, -0.1) is 0 Å². The zero-order chi connectivity index (χ0) is 17.6. The Morgan fingerprint density at radius 2 is 1.84 bits per heavy atom. The number of hydrogen-bond acceptors (Lipinski definition) is 3. The fourth-order valence-electron chi connectivity index (χ4n) is 2.55. The van der Waals surface area contributed by atoms with E-state index in [1.165, 1.54) is 0 Å². The van der Waals surface area contributed by atoms with Gasteiger partial charge < -0.3 is 10.1 Å². The lowest BCUT2D eigenvalue weighted by atomic mass is 10.1. The minimum absolute atomic E-state index is 0.223. The molecule has 3 aromatic rings. The number of rotatable bonds is 6. The van der Waals surface area contributed by atoms with Crippen molar-refractivity contribution in [1.82, 2.24) is 15.1 Å². The second kappa shape index (κ2) is 7.66. The fourth-order valence-corrected chi connectivity index (χ4v) is 2.55. The van der Waals surface area contributed by atoms with Crippen LogP contribution in [0, 0.1) is 6.92 Å². The van der Waals surface area contributed by atoms with Crippen LogP contribution in [-0.2, 0) is 6.54 Å². The molecule has 128 valence electrons. The molecular weight excluding hydrogens is 314 g/mol. The molecule has 5 heteroatoms. The van der Waals surface area contributed by atoms with E-state index in [1.807, 2.05) is 68.4 Å². The van der Waals surface area contributed by atoms with Gasteiger partial charge in [-0.3, -0.25) is 4.79 Å². The highest BCUT2D eigenvalue weighted by atomic mass is 16.5. The number of nitrogens with one attached hydrogen (secondary N) is 1. The average molecular weight is 335 g/mol. The van der Waals surface area contributed by atoms with E-state index in [0.29, 0.717) is 24.7 Å². The molecule has 1 amide bonds. The molecule has 1 N–H and O–H groups in total. The van der Waals surface area contributed by atoms with Crippen molar-refractivity contribution in [1.29, 1.82) is 0 Å². The summed E-state index contributed by atoms with van der Waals surface area (Å²) in [6.45, 7) is 4.90. The quantitative estimate of drug-likeness (QED) is 0.750. The maximum absolute atomic E-state index is 12.5. The number of nitrogens with zero attached hydrogens (tertiary/aromatic N) is 2. The Kier molecular flexibility index (Phi) is 5.14. The van der Waals surface area contributed by atoms with E-state index in [0.717, 1.165) is 16.8 Å². The van der Waals surface area contributed by atoms with E-state index in [2.05, 4.69) is 10.4 Å². The van der Waals surface area contributed by atoms with Crippen molar-refractivity contribution < 1.29 is 9.53 Å². The topological polar surface area (TPSA) is 56.1 Å². The van der Waals surface area contributed by atoms with Crippen LogP contribution in [0.15, 0.2) is 60.7 Å². The summed E-state index contributed by atoms with van der Waals surface area (Å²) in [7, 11) is 0. The van der Waals surface area contributed by atoms with Gasteiger partial charge in [0, 0.05) is 12.6 Å². The molecule has 0 saturated carbocycles. The normalized spacial score (nSPS) is 10.5. The van der Waals surface area contributed by atoms with Gasteiger partial charge in [-0.1, -0.05) is 42.5 Å². The third-order valence-electron chi connectivity index (χ3n) is 3.90. The number of aromatic nitrogens is 2. The van der Waals surface area contributed by atoms with Crippen LogP contribution in [0.2, 0.25) is 0 Å². The molecule has 3 rings (SSSR count). The van der Waals surface area contributed by atoms with Gasteiger partial charge in [-0.2, -0.15) is 5.10 Å². The van der Waals surface area contributed by atoms with Gasteiger partial charge in [0.05, 0.1) is 12.3 Å². The van der Waals surface area contributed by atoms with E-state index in [-0.39, 0.29) is 5.91 Å². The molecule has 2 aromatic carbocycles. The van der Waals surface area contributed by atoms with Crippen LogP contribution >= 0.6 is 0 Å². The molecule has 5 nitrogen and oxygen atoms in total. The van der Waals surface area contributed by atoms with Gasteiger partial charge in [0.15, 0.2) is 5.69 Å². The molecule has 25 heavy (non-hydrogen) atoms. The zero-order valence-corrected chi connectivity index (χ0v) is 14.4. The third-order valence-corrected chi connectivity index (χ3v) is 3.90. The number of amides is 1. The predicted octanol–water partition coefficient (Wildman–Crippen LogP) is 3.51. The molecule has 0 radical (unpaired) electrons. The Morgan fingerprint density at radius 1 is 1.12 bits per heavy atom. The van der Waals surface area contributed by atoms with Crippen molar-refractivity contribution in [3.8, 4) is 11.6 Å². The Hall–Kier alpha value is -3.08. The van der Waals surface area contributed by atoms with Crippen LogP contribution in [0.1, 0.15) is 28.5 Å². The van der Waals surface area contributed by atoms with Crippen molar-refractivity contribution in [2.24, 2.45) is 0 Å². The summed E-state index contributed by atoms with van der Waals surface area (Å²) >= 11 is 0. The van der Waals surface area contributed by atoms with Crippen LogP contribution < -0.4 is 10.1 Å². The monoisotopic (exact) mass is 335 g/mol. The van der Waals surface area contributed by atoms with Crippen molar-refractivity contribution >= 4 is 5.91 Å². The van der Waals surface area contributed by atoms with Crippen LogP contribution in [-0.4, -0.2) is 22.3 Å². The Bertz CT molecular complexity index is 856. The van der Waals surface area contributed by atoms with Gasteiger partial charge >= 0.3 is 0 Å². The standard InChI is InChI=1S/C20H21N3O2/c1-3-25-19-13-18(22-23(19)17-11-5-4-6-12-17)20(24)21-14-16-10-8-7-9-15(16)2/h4-13H,3,14H2,1-2H3,(H,21,24). The first-order valence-corrected chi connectivity index (χ1v) is 8.30. The summed E-state index contributed by atoms with van der Waals surface area (Å²) in [5.41, 5.74) is 3.42. The second-order valence-corrected chi connectivity index (χ2v) is 5.66. The first kappa shape index (κ1) is 16.8. The Labute approximate surface area is 147 Å². The summed E-state index contributed by atoms with van der Waals surface area (Å²) in [6.07, 6.45) is 0. The van der Waals surface area contributed by atoms with Gasteiger partial charge in [0.25, 0.3) is 5.91 Å². The summed E-state index contributed by atoms with van der Waals surface area (Å²) in [6, 6.07) is 19.3. The number of carbonyl (C=O) groups is 1. The number of hydrogen-bond donors (Lipinski definition) is 1. The van der Waals surface area contributed by atoms with E-state index < -0.39 is 0 Å². The predicted molar refractivity (Wildman–Crippen MR) is 97.1 cm³/mol. The molecule has 0 bridgehead atoms. The SMILES string of the molecule is CCOc1cc(C(=O)NCc2ccccc2C)nn1-c1ccccc1. The number of benzene rings is 2. The van der Waals surface area contributed by atoms with E-state index in [1.54, 1.807) is 10.7 Å². The lowest BCUT2D eigenvalue weighted by Gasteiger charge is -2.07. The minimum Gasteiger partial charge on any atom is -0.478 e. The molecule has 0 unspecified atom stereocenters. The maximum atomic E-state index is 12.5. The first-order chi connectivity index (χ1) is 12.2. The second-order valence-electron chi connectivity index (χ2n) is 5.66. The van der Waals surface area contributed by atoms with Crippen molar-refractivity contribution in [2.45, 2.75) is 20.4 Å². The number of aryl methyl sites for hydroxylation is 1. The molecule has 0 atom stereocenters. The lowest BCUT2D eigenvalue weighted by molar-refractivity contribution is 0.0945. The lowest BCUT2D eigenvalue weighted by Crippen LogP contribution is -2.23. The largest absolute Gasteiger partial charge is 0.478 e. The first-order valence-electron chi connectivity index (χ1n) is 8.30. The highest BCUT2D eigenvalue weighted by Gasteiger charge is 2.16. The van der Waals surface area contributed by atoms with Crippen LogP contribution in [0.5, 0.6) is 5.88 Å². The number of ether oxygens (including phenoxy) is 1. The number of carbonyl (C=O) groups excluding carboxylic acids is 1. The van der Waals surface area contributed by atoms with E-state index in [4.69, 9.17) is 4.74 Å². The Morgan fingerprint density at radius 3 is 2.56 bits per heavy atom. The molecule has 0 spiro atoms. The highest BCUT2D eigenvalue weighted by molar-refractivity contribution is 5.92. The molecular formula is C20H21N3O2. The van der Waals surface area contributed by atoms with Crippen LogP contribution in [0.25, 0.3) is 5.69 Å². The molecule has 0 fully saturated rings. The summed E-state index contributed by atoms with van der Waals surface area (Å²) in [4.78, 5) is 12.5.